The highest BCUT2D eigenvalue weighted by Gasteiger charge is 2.44. The highest BCUT2D eigenvalue weighted by atomic mass is 19.4. The van der Waals surface area contributed by atoms with Crippen molar-refractivity contribution in [2.75, 3.05) is 13.2 Å². The minimum Gasteiger partial charge on any atom is -0.481 e. The SMILES string of the molecule is O=C(O)C1(C[C@@H]2CC(c3ccc(C(F)(F)F)cc3)=NO2)CCOCC1. The summed E-state index contributed by atoms with van der Waals surface area (Å²) in [6.07, 6.45) is -3.27. The Balaban J connectivity index is 1.66. The zero-order valence-electron chi connectivity index (χ0n) is 13.4. The van der Waals surface area contributed by atoms with Gasteiger partial charge in [0.25, 0.3) is 0 Å². The van der Waals surface area contributed by atoms with Crippen LogP contribution in [-0.4, -0.2) is 36.1 Å². The van der Waals surface area contributed by atoms with E-state index in [4.69, 9.17) is 9.57 Å². The molecule has 1 aromatic rings. The van der Waals surface area contributed by atoms with Gasteiger partial charge in [0.2, 0.25) is 0 Å². The molecule has 0 radical (unpaired) electrons. The van der Waals surface area contributed by atoms with Crippen molar-refractivity contribution in [3.63, 3.8) is 0 Å². The van der Waals surface area contributed by atoms with Crippen LogP contribution in [0.1, 0.15) is 36.8 Å². The van der Waals surface area contributed by atoms with E-state index in [0.717, 1.165) is 12.1 Å². The molecule has 1 fully saturated rings. The monoisotopic (exact) mass is 357 g/mol. The lowest BCUT2D eigenvalue weighted by Crippen LogP contribution is -2.40. The zero-order valence-corrected chi connectivity index (χ0v) is 13.4. The number of nitrogens with zero attached hydrogens (tertiary/aromatic N) is 1. The van der Waals surface area contributed by atoms with Gasteiger partial charge in [-0.25, -0.2) is 0 Å². The number of aliphatic carboxylic acids is 1. The van der Waals surface area contributed by atoms with E-state index in [9.17, 15) is 23.1 Å². The molecule has 5 nitrogen and oxygen atoms in total. The van der Waals surface area contributed by atoms with Gasteiger partial charge in [-0.1, -0.05) is 17.3 Å². The molecule has 2 heterocycles. The highest BCUT2D eigenvalue weighted by Crippen LogP contribution is 2.38. The van der Waals surface area contributed by atoms with Crippen LogP contribution in [0.3, 0.4) is 0 Å². The highest BCUT2D eigenvalue weighted by molar-refractivity contribution is 6.01. The van der Waals surface area contributed by atoms with Crippen LogP contribution >= 0.6 is 0 Å². The van der Waals surface area contributed by atoms with Gasteiger partial charge in [-0.2, -0.15) is 13.2 Å². The molecule has 0 spiro atoms. The fraction of sp³-hybridized carbons (Fsp3) is 0.529. The number of benzene rings is 1. The first-order valence-electron chi connectivity index (χ1n) is 8.02. The summed E-state index contributed by atoms with van der Waals surface area (Å²) in [5.74, 6) is -0.873. The van der Waals surface area contributed by atoms with Crippen LogP contribution in [0.2, 0.25) is 0 Å². The number of carbonyl (C=O) groups is 1. The lowest BCUT2D eigenvalue weighted by molar-refractivity contribution is -0.158. The Kier molecular flexibility index (Phi) is 4.73. The summed E-state index contributed by atoms with van der Waals surface area (Å²) in [5.41, 5.74) is -0.536. The number of oxime groups is 1. The molecular formula is C17H18F3NO4. The standard InChI is InChI=1S/C17H18F3NO4/c18-17(19,20)12-3-1-11(2-4-12)14-9-13(25-21-14)10-16(15(22)23)5-7-24-8-6-16/h1-4,13H,5-10H2,(H,22,23)/t13-/m0/s1. The molecule has 0 aliphatic carbocycles. The normalized spacial score (nSPS) is 23.0. The summed E-state index contributed by atoms with van der Waals surface area (Å²) in [4.78, 5) is 17.0. The number of carboxylic acid groups (broad SMARTS) is 1. The quantitative estimate of drug-likeness (QED) is 0.896. The van der Waals surface area contributed by atoms with Gasteiger partial charge in [0.15, 0.2) is 0 Å². The molecular weight excluding hydrogens is 339 g/mol. The fourth-order valence-electron chi connectivity index (χ4n) is 3.26. The Hall–Kier alpha value is -2.09. The van der Waals surface area contributed by atoms with Gasteiger partial charge in [-0.3, -0.25) is 4.79 Å². The number of rotatable bonds is 4. The van der Waals surface area contributed by atoms with Gasteiger partial charge >= 0.3 is 12.1 Å². The van der Waals surface area contributed by atoms with E-state index in [0.29, 0.717) is 50.2 Å². The molecule has 1 N–H and O–H groups in total. The Morgan fingerprint density at radius 2 is 1.88 bits per heavy atom. The van der Waals surface area contributed by atoms with Crippen molar-refractivity contribution in [1.82, 2.24) is 0 Å². The number of hydrogen-bond donors (Lipinski definition) is 1. The topological polar surface area (TPSA) is 68.1 Å². The Morgan fingerprint density at radius 1 is 1.24 bits per heavy atom. The van der Waals surface area contributed by atoms with Crippen molar-refractivity contribution < 1.29 is 32.6 Å². The average Bonchev–Trinajstić information content (AvgIpc) is 3.03. The molecule has 25 heavy (non-hydrogen) atoms. The van der Waals surface area contributed by atoms with E-state index < -0.39 is 29.2 Å². The number of halogens is 3. The predicted octanol–water partition coefficient (Wildman–Crippen LogP) is 3.47. The van der Waals surface area contributed by atoms with Gasteiger partial charge < -0.3 is 14.7 Å². The maximum Gasteiger partial charge on any atom is 0.416 e. The second kappa shape index (κ2) is 6.67. The maximum absolute atomic E-state index is 12.6. The third kappa shape index (κ3) is 3.78. The lowest BCUT2D eigenvalue weighted by Gasteiger charge is -2.34. The fourth-order valence-corrected chi connectivity index (χ4v) is 3.26. The number of ether oxygens (including phenoxy) is 1. The van der Waals surface area contributed by atoms with E-state index in [1.165, 1.54) is 12.1 Å². The number of carboxylic acids is 1. The predicted molar refractivity (Wildman–Crippen MR) is 82.2 cm³/mol. The first kappa shape index (κ1) is 17.7. The molecule has 2 aliphatic heterocycles. The molecule has 0 aromatic heterocycles. The van der Waals surface area contributed by atoms with Gasteiger partial charge in [0.1, 0.15) is 6.10 Å². The largest absolute Gasteiger partial charge is 0.481 e. The Bertz CT molecular complexity index is 663. The van der Waals surface area contributed by atoms with Crippen molar-refractivity contribution in [1.29, 1.82) is 0 Å². The van der Waals surface area contributed by atoms with Crippen LogP contribution in [0.25, 0.3) is 0 Å². The minimum atomic E-state index is -4.38. The van der Waals surface area contributed by atoms with Gasteiger partial charge in [0.05, 0.1) is 16.7 Å². The van der Waals surface area contributed by atoms with Crippen LogP contribution < -0.4 is 0 Å². The minimum absolute atomic E-state index is 0.305. The Morgan fingerprint density at radius 3 is 2.44 bits per heavy atom. The van der Waals surface area contributed by atoms with E-state index >= 15 is 0 Å². The van der Waals surface area contributed by atoms with Crippen molar-refractivity contribution in [2.24, 2.45) is 10.6 Å². The van der Waals surface area contributed by atoms with E-state index in [1.807, 2.05) is 0 Å². The third-order valence-electron chi connectivity index (χ3n) is 4.80. The second-order valence-electron chi connectivity index (χ2n) is 6.45. The van der Waals surface area contributed by atoms with Crippen molar-refractivity contribution in [3.8, 4) is 0 Å². The summed E-state index contributed by atoms with van der Waals surface area (Å²) >= 11 is 0. The third-order valence-corrected chi connectivity index (χ3v) is 4.80. The van der Waals surface area contributed by atoms with Gasteiger partial charge in [0, 0.05) is 26.1 Å². The molecule has 0 amide bonds. The molecule has 8 heteroatoms. The van der Waals surface area contributed by atoms with Crippen LogP contribution in [0.5, 0.6) is 0 Å². The maximum atomic E-state index is 12.6. The second-order valence-corrected chi connectivity index (χ2v) is 6.45. The first-order chi connectivity index (χ1) is 11.8. The molecule has 1 atom stereocenters. The van der Waals surface area contributed by atoms with Crippen molar-refractivity contribution in [2.45, 2.75) is 38.0 Å². The zero-order chi connectivity index (χ0) is 18.1. The van der Waals surface area contributed by atoms with Crippen LogP contribution in [-0.2, 0) is 20.5 Å². The van der Waals surface area contributed by atoms with Crippen LogP contribution in [0, 0.1) is 5.41 Å². The smallest absolute Gasteiger partial charge is 0.416 e. The number of hydrogen-bond acceptors (Lipinski definition) is 4. The molecule has 0 bridgehead atoms. The molecule has 0 saturated carbocycles. The Labute approximate surface area is 142 Å². The van der Waals surface area contributed by atoms with E-state index in [-0.39, 0.29) is 0 Å². The lowest BCUT2D eigenvalue weighted by atomic mass is 9.75. The van der Waals surface area contributed by atoms with Gasteiger partial charge in [-0.15, -0.1) is 0 Å². The average molecular weight is 357 g/mol. The summed E-state index contributed by atoms with van der Waals surface area (Å²) in [7, 11) is 0. The molecule has 1 saturated heterocycles. The van der Waals surface area contributed by atoms with Gasteiger partial charge in [-0.05, 0) is 30.5 Å². The summed E-state index contributed by atoms with van der Waals surface area (Å²) in [6, 6.07) is 4.72. The van der Waals surface area contributed by atoms with E-state index in [1.54, 1.807) is 0 Å². The number of alkyl halides is 3. The summed E-state index contributed by atoms with van der Waals surface area (Å²) < 4.78 is 43.1. The summed E-state index contributed by atoms with van der Waals surface area (Å²) in [5, 5.41) is 13.5. The van der Waals surface area contributed by atoms with Crippen molar-refractivity contribution in [3.05, 3.63) is 35.4 Å². The molecule has 2 aliphatic rings. The van der Waals surface area contributed by atoms with Crippen LogP contribution in [0.15, 0.2) is 29.4 Å². The van der Waals surface area contributed by atoms with Crippen molar-refractivity contribution >= 4 is 11.7 Å². The molecule has 0 unspecified atom stereocenters. The van der Waals surface area contributed by atoms with E-state index in [2.05, 4.69) is 5.16 Å². The summed E-state index contributed by atoms with van der Waals surface area (Å²) in [6.45, 7) is 0.789. The molecule has 3 rings (SSSR count). The molecule has 1 aromatic carbocycles. The molecule has 136 valence electrons. The van der Waals surface area contributed by atoms with Crippen LogP contribution in [0.4, 0.5) is 13.2 Å². The first-order valence-corrected chi connectivity index (χ1v) is 8.02.